The Kier molecular flexibility index (Phi) is 5.05. The Bertz CT molecular complexity index is 694. The molecule has 25 heavy (non-hydrogen) atoms. The van der Waals surface area contributed by atoms with Crippen LogP contribution in [0.25, 0.3) is 0 Å². The summed E-state index contributed by atoms with van der Waals surface area (Å²) in [5.74, 6) is 1.00. The van der Waals surface area contributed by atoms with E-state index in [9.17, 15) is 4.79 Å². The highest BCUT2D eigenvalue weighted by molar-refractivity contribution is 7.09. The summed E-state index contributed by atoms with van der Waals surface area (Å²) in [6, 6.07) is 3.66. The molecule has 0 aromatic carbocycles. The molecule has 0 bridgehead atoms. The average Bonchev–Trinajstić information content (AvgIpc) is 3.26. The van der Waals surface area contributed by atoms with E-state index in [-0.39, 0.29) is 12.0 Å². The third kappa shape index (κ3) is 4.05. The van der Waals surface area contributed by atoms with Crippen LogP contribution in [-0.4, -0.2) is 46.6 Å². The Morgan fingerprint density at radius 2 is 2.40 bits per heavy atom. The Morgan fingerprint density at radius 3 is 3.20 bits per heavy atom. The lowest BCUT2D eigenvalue weighted by molar-refractivity contribution is -0.118. The molecule has 2 aliphatic rings. The van der Waals surface area contributed by atoms with Gasteiger partial charge in [0.2, 0.25) is 5.91 Å². The van der Waals surface area contributed by atoms with Crippen molar-refractivity contribution in [2.45, 2.75) is 25.5 Å². The third-order valence-electron chi connectivity index (χ3n) is 5.05. The molecule has 0 radical (unpaired) electrons. The molecule has 1 amide bonds. The lowest BCUT2D eigenvalue weighted by Crippen LogP contribution is -2.41. The van der Waals surface area contributed by atoms with E-state index < -0.39 is 0 Å². The number of ether oxygens (including phenoxy) is 1. The van der Waals surface area contributed by atoms with Crippen LogP contribution in [0.2, 0.25) is 0 Å². The smallest absolute Gasteiger partial charge is 0.227 e. The van der Waals surface area contributed by atoms with Crippen molar-refractivity contribution in [3.63, 3.8) is 0 Å². The fourth-order valence-electron chi connectivity index (χ4n) is 3.87. The number of piperidine rings is 1. The number of aromatic nitrogens is 2. The van der Waals surface area contributed by atoms with Gasteiger partial charge in [0, 0.05) is 30.2 Å². The number of hydrogen-bond acceptors (Lipinski definition) is 6. The Morgan fingerprint density at radius 1 is 1.44 bits per heavy atom. The predicted octanol–water partition coefficient (Wildman–Crippen LogP) is 2.40. The van der Waals surface area contributed by atoms with Crippen LogP contribution in [0.5, 0.6) is 0 Å². The molecule has 2 saturated heterocycles. The molecular formula is C18H22N4O2S. The van der Waals surface area contributed by atoms with Crippen LogP contribution >= 0.6 is 11.3 Å². The molecular weight excluding hydrogens is 336 g/mol. The van der Waals surface area contributed by atoms with Crippen LogP contribution in [0.4, 0.5) is 5.69 Å². The van der Waals surface area contributed by atoms with E-state index in [0.29, 0.717) is 18.3 Å². The molecule has 3 atom stereocenters. The topological polar surface area (TPSA) is 67.3 Å². The summed E-state index contributed by atoms with van der Waals surface area (Å²) in [5, 5.41) is 6.10. The Labute approximate surface area is 151 Å². The molecule has 0 aliphatic carbocycles. The maximum Gasteiger partial charge on any atom is 0.227 e. The molecule has 2 aromatic heterocycles. The number of carbonyl (C=O) groups excluding carboxylic acids is 1. The van der Waals surface area contributed by atoms with Gasteiger partial charge >= 0.3 is 0 Å². The van der Waals surface area contributed by atoms with Crippen LogP contribution < -0.4 is 5.32 Å². The van der Waals surface area contributed by atoms with E-state index in [0.717, 1.165) is 38.3 Å². The predicted molar refractivity (Wildman–Crippen MR) is 96.2 cm³/mol. The molecule has 7 heteroatoms. The van der Waals surface area contributed by atoms with Gasteiger partial charge in [-0.25, -0.2) is 4.98 Å². The first-order valence-corrected chi connectivity index (χ1v) is 9.58. The summed E-state index contributed by atoms with van der Waals surface area (Å²) in [5.41, 5.74) is 0.736. The number of hydrogen-bond donors (Lipinski definition) is 1. The standard InChI is InChI=1S/C18H22N4O2S/c23-17(21-14-2-1-4-19-9-14)8-16-15-3-6-22(10-13(15)12-24-16)11-18-20-5-7-25-18/h1-2,4-5,7,9,13,15-16H,3,6,8,10-12H2,(H,21,23)/t13-,15-,16-/m1/s1. The molecule has 2 aromatic rings. The summed E-state index contributed by atoms with van der Waals surface area (Å²) in [7, 11) is 0. The summed E-state index contributed by atoms with van der Waals surface area (Å²) >= 11 is 1.71. The highest BCUT2D eigenvalue weighted by Gasteiger charge is 2.41. The molecule has 0 spiro atoms. The fraction of sp³-hybridized carbons (Fsp3) is 0.500. The molecule has 6 nitrogen and oxygen atoms in total. The molecule has 0 unspecified atom stereocenters. The van der Waals surface area contributed by atoms with Gasteiger partial charge in [0.15, 0.2) is 0 Å². The van der Waals surface area contributed by atoms with Gasteiger partial charge in [-0.15, -0.1) is 11.3 Å². The van der Waals surface area contributed by atoms with E-state index in [1.54, 1.807) is 23.7 Å². The number of carbonyl (C=O) groups is 1. The molecule has 4 rings (SSSR count). The summed E-state index contributed by atoms with van der Waals surface area (Å²) < 4.78 is 5.98. The molecule has 1 N–H and O–H groups in total. The zero-order valence-electron chi connectivity index (χ0n) is 14.0. The normalized spacial score (nSPS) is 26.3. The minimum atomic E-state index is 0.00358. The van der Waals surface area contributed by atoms with Gasteiger partial charge in [-0.2, -0.15) is 0 Å². The van der Waals surface area contributed by atoms with Crippen molar-refractivity contribution in [1.82, 2.24) is 14.9 Å². The highest BCUT2D eigenvalue weighted by atomic mass is 32.1. The maximum absolute atomic E-state index is 12.3. The first-order valence-electron chi connectivity index (χ1n) is 8.70. The number of rotatable bonds is 5. The second-order valence-corrected chi connectivity index (χ2v) is 7.72. The van der Waals surface area contributed by atoms with E-state index in [2.05, 4.69) is 20.2 Å². The average molecular weight is 358 g/mol. The number of nitrogens with one attached hydrogen (secondary N) is 1. The first-order chi connectivity index (χ1) is 12.3. The van der Waals surface area contributed by atoms with Crippen LogP contribution in [0, 0.1) is 11.8 Å². The largest absolute Gasteiger partial charge is 0.377 e. The van der Waals surface area contributed by atoms with E-state index in [4.69, 9.17) is 4.74 Å². The number of fused-ring (bicyclic) bond motifs is 1. The maximum atomic E-state index is 12.3. The van der Waals surface area contributed by atoms with Crippen molar-refractivity contribution < 1.29 is 9.53 Å². The van der Waals surface area contributed by atoms with Crippen molar-refractivity contribution in [2.24, 2.45) is 11.8 Å². The van der Waals surface area contributed by atoms with Gasteiger partial charge in [-0.3, -0.25) is 14.7 Å². The van der Waals surface area contributed by atoms with Crippen LogP contribution in [0.15, 0.2) is 36.1 Å². The van der Waals surface area contributed by atoms with Gasteiger partial charge in [0.1, 0.15) is 5.01 Å². The van der Waals surface area contributed by atoms with Crippen molar-refractivity contribution in [1.29, 1.82) is 0 Å². The van der Waals surface area contributed by atoms with Crippen molar-refractivity contribution in [2.75, 3.05) is 25.0 Å². The summed E-state index contributed by atoms with van der Waals surface area (Å²) in [6.07, 6.45) is 6.75. The van der Waals surface area contributed by atoms with Gasteiger partial charge in [-0.1, -0.05) is 0 Å². The number of thiazole rings is 1. The Hall–Kier alpha value is -1.83. The zero-order valence-corrected chi connectivity index (χ0v) is 14.8. The molecule has 132 valence electrons. The van der Waals surface area contributed by atoms with Crippen molar-refractivity contribution in [3.8, 4) is 0 Å². The van der Waals surface area contributed by atoms with Crippen molar-refractivity contribution in [3.05, 3.63) is 41.1 Å². The SMILES string of the molecule is O=C(C[C@H]1OC[C@H]2CN(Cc3nccs3)CC[C@H]21)Nc1cccnc1. The number of likely N-dealkylation sites (tertiary alicyclic amines) is 1. The first kappa shape index (κ1) is 16.6. The van der Waals surface area contributed by atoms with E-state index in [1.165, 1.54) is 5.01 Å². The highest BCUT2D eigenvalue weighted by Crippen LogP contribution is 2.36. The van der Waals surface area contributed by atoms with Crippen molar-refractivity contribution >= 4 is 22.9 Å². The van der Waals surface area contributed by atoms with Gasteiger partial charge in [0.25, 0.3) is 0 Å². The Balaban J connectivity index is 1.29. The number of pyridine rings is 1. The second kappa shape index (κ2) is 7.59. The number of amides is 1. The number of anilines is 1. The van der Waals surface area contributed by atoms with E-state index >= 15 is 0 Å². The number of nitrogens with zero attached hydrogens (tertiary/aromatic N) is 3. The van der Waals surface area contributed by atoms with E-state index in [1.807, 2.05) is 23.7 Å². The summed E-state index contributed by atoms with van der Waals surface area (Å²) in [6.45, 7) is 3.76. The molecule has 2 aliphatic heterocycles. The van der Waals surface area contributed by atoms with Crippen LogP contribution in [-0.2, 0) is 16.1 Å². The molecule has 2 fully saturated rings. The quantitative estimate of drug-likeness (QED) is 0.889. The monoisotopic (exact) mass is 358 g/mol. The lowest BCUT2D eigenvalue weighted by atomic mass is 9.83. The summed E-state index contributed by atoms with van der Waals surface area (Å²) in [4.78, 5) is 23.1. The lowest BCUT2D eigenvalue weighted by Gasteiger charge is -2.35. The van der Waals surface area contributed by atoms with Gasteiger partial charge < -0.3 is 10.1 Å². The second-order valence-electron chi connectivity index (χ2n) is 6.74. The van der Waals surface area contributed by atoms with Gasteiger partial charge in [0.05, 0.1) is 37.6 Å². The zero-order chi connectivity index (χ0) is 17.1. The minimum absolute atomic E-state index is 0.00358. The third-order valence-corrected chi connectivity index (χ3v) is 5.82. The molecule has 0 saturated carbocycles. The van der Waals surface area contributed by atoms with Gasteiger partial charge in [-0.05, 0) is 31.0 Å². The van der Waals surface area contributed by atoms with Crippen LogP contribution in [0.1, 0.15) is 17.8 Å². The molecule has 4 heterocycles. The minimum Gasteiger partial charge on any atom is -0.377 e. The fourth-order valence-corrected chi connectivity index (χ4v) is 4.53. The van der Waals surface area contributed by atoms with Crippen LogP contribution in [0.3, 0.4) is 0 Å².